The van der Waals surface area contributed by atoms with E-state index >= 15 is 0 Å². The first-order valence-electron chi connectivity index (χ1n) is 35.1. The van der Waals surface area contributed by atoms with Gasteiger partial charge in [0, 0.05) is 76.7 Å². The fourth-order valence-electron chi connectivity index (χ4n) is 17.0. The van der Waals surface area contributed by atoms with Gasteiger partial charge in [-0.3, -0.25) is 9.13 Å². The van der Waals surface area contributed by atoms with Crippen LogP contribution in [0.15, 0.2) is 328 Å². The Morgan fingerprint density at radius 3 is 0.980 bits per heavy atom. The monoisotopic (exact) mass is 1300 g/mol. The number of benzene rings is 14. The molecule has 101 heavy (non-hydrogen) atoms. The topological polar surface area (TPSA) is 97.1 Å². The van der Waals surface area contributed by atoms with Crippen LogP contribution < -0.4 is 20.7 Å². The van der Waals surface area contributed by atoms with Gasteiger partial charge in [0.1, 0.15) is 0 Å². The van der Waals surface area contributed by atoms with E-state index in [9.17, 15) is 2.74 Å². The Kier molecular flexibility index (Phi) is 11.3. The van der Waals surface area contributed by atoms with Crippen molar-refractivity contribution < 1.29 is 2.74 Å². The van der Waals surface area contributed by atoms with Crippen molar-refractivity contribution in [3.8, 4) is 91.1 Å². The maximum absolute atomic E-state index is 10.0. The zero-order valence-electron chi connectivity index (χ0n) is 56.0. The van der Waals surface area contributed by atoms with E-state index in [1.165, 1.54) is 43.0 Å². The molecule has 14 aromatic carbocycles. The van der Waals surface area contributed by atoms with E-state index in [2.05, 4.69) is 188 Å². The molecule has 10 nitrogen and oxygen atoms in total. The molecule has 468 valence electrons. The SMILES string of the molecule is [2H]c1cccc2c3c(ccc4c5ccccc5n(-c5nc(-c6ccccc6)nc(-c6ccccc6)n5)c43)n(-c3ccc4c(c3)[Si]3(c5ccccc5-4)c4ccccc4-c4ccc(-n5c6ccc7c8ccccc8n(-c8nc(-c9ccccc9)nc(-c9ccccc9)n8)c7c6c6cccc([2H])c65)cc43)c12. The average molecular weight is 1310 g/mol. The van der Waals surface area contributed by atoms with Crippen molar-refractivity contribution in [1.82, 2.24) is 48.2 Å². The van der Waals surface area contributed by atoms with Crippen LogP contribution in [0.25, 0.3) is 178 Å². The van der Waals surface area contributed by atoms with Crippen LogP contribution in [0.2, 0.25) is 0 Å². The Morgan fingerprint density at radius 1 is 0.238 bits per heavy atom. The molecule has 0 saturated heterocycles. The third-order valence-corrected chi connectivity index (χ3v) is 26.0. The third-order valence-electron chi connectivity index (χ3n) is 21.1. The second-order valence-corrected chi connectivity index (χ2v) is 29.9. The number of para-hydroxylation sites is 4. The quantitative estimate of drug-likeness (QED) is 0.141. The molecule has 0 saturated carbocycles. The molecule has 0 aliphatic carbocycles. The van der Waals surface area contributed by atoms with Gasteiger partial charge in [0.05, 0.1) is 46.9 Å². The number of nitrogens with zero attached hydrogens (tertiary/aromatic N) is 10. The van der Waals surface area contributed by atoms with Crippen LogP contribution in [0.5, 0.6) is 0 Å². The van der Waals surface area contributed by atoms with E-state index < -0.39 is 8.07 Å². The van der Waals surface area contributed by atoms with Crippen LogP contribution in [-0.2, 0) is 0 Å². The summed E-state index contributed by atoms with van der Waals surface area (Å²) in [5.74, 6) is 3.29. The summed E-state index contributed by atoms with van der Waals surface area (Å²) >= 11 is 0. The van der Waals surface area contributed by atoms with E-state index in [1.54, 1.807) is 0 Å². The van der Waals surface area contributed by atoms with Crippen LogP contribution in [0.3, 0.4) is 0 Å². The van der Waals surface area contributed by atoms with Gasteiger partial charge >= 0.3 is 0 Å². The van der Waals surface area contributed by atoms with Crippen LogP contribution in [0.1, 0.15) is 2.74 Å². The van der Waals surface area contributed by atoms with Gasteiger partial charge in [-0.15, -0.1) is 0 Å². The first-order valence-corrected chi connectivity index (χ1v) is 36.1. The van der Waals surface area contributed by atoms with Gasteiger partial charge in [-0.1, -0.05) is 267 Å². The minimum Gasteiger partial charge on any atom is -0.309 e. The summed E-state index contributed by atoms with van der Waals surface area (Å²) in [6.45, 7) is 0. The predicted molar refractivity (Wildman–Crippen MR) is 414 cm³/mol. The highest BCUT2D eigenvalue weighted by Gasteiger charge is 2.54. The Labute approximate surface area is 582 Å². The summed E-state index contributed by atoms with van der Waals surface area (Å²) in [6, 6.07) is 112. The van der Waals surface area contributed by atoms with Gasteiger partial charge in [0.15, 0.2) is 31.4 Å². The highest BCUT2D eigenvalue weighted by atomic mass is 28.3. The van der Waals surface area contributed by atoms with Crippen molar-refractivity contribution in [1.29, 1.82) is 0 Å². The smallest absolute Gasteiger partial charge is 0.238 e. The van der Waals surface area contributed by atoms with Crippen molar-refractivity contribution in [3.63, 3.8) is 0 Å². The molecular weight excluding hydrogens is 1250 g/mol. The first kappa shape index (κ1) is 53.6. The predicted octanol–water partition coefficient (Wildman–Crippen LogP) is 18.5. The summed E-state index contributed by atoms with van der Waals surface area (Å²) < 4.78 is 29.2. The van der Waals surface area contributed by atoms with Gasteiger partial charge in [-0.2, -0.15) is 19.9 Å². The Morgan fingerprint density at radius 2 is 0.574 bits per heavy atom. The van der Waals surface area contributed by atoms with E-state index in [0.717, 1.165) is 121 Å². The van der Waals surface area contributed by atoms with Crippen LogP contribution in [0.4, 0.5) is 0 Å². The second-order valence-electron chi connectivity index (χ2n) is 26.3. The highest BCUT2D eigenvalue weighted by Crippen LogP contribution is 2.46. The number of hydrogen-bond acceptors (Lipinski definition) is 6. The van der Waals surface area contributed by atoms with Crippen molar-refractivity contribution in [2.75, 3.05) is 0 Å². The molecule has 2 aliphatic heterocycles. The largest absolute Gasteiger partial charge is 0.309 e. The van der Waals surface area contributed by atoms with E-state index in [4.69, 9.17) is 29.9 Å². The molecule has 1 spiro atoms. The highest BCUT2D eigenvalue weighted by molar-refractivity contribution is 7.24. The summed E-state index contributed by atoms with van der Waals surface area (Å²) in [6.07, 6.45) is 0. The summed E-state index contributed by atoms with van der Waals surface area (Å²) in [4.78, 5) is 31.8. The van der Waals surface area contributed by atoms with E-state index in [-0.39, 0.29) is 0 Å². The molecule has 8 heterocycles. The summed E-state index contributed by atoms with van der Waals surface area (Å²) in [7, 11) is -3.28. The van der Waals surface area contributed by atoms with Gasteiger partial charge in [0.25, 0.3) is 0 Å². The van der Waals surface area contributed by atoms with Gasteiger partial charge < -0.3 is 9.13 Å². The second kappa shape index (κ2) is 21.3. The molecule has 0 fully saturated rings. The minimum atomic E-state index is -3.28. The molecule has 0 atom stereocenters. The van der Waals surface area contributed by atoms with E-state index in [0.29, 0.717) is 47.3 Å². The number of fused-ring (bicyclic) bond motifs is 24. The molecule has 0 radical (unpaired) electrons. The maximum Gasteiger partial charge on any atom is 0.238 e. The zero-order valence-corrected chi connectivity index (χ0v) is 55.0. The zero-order chi connectivity index (χ0) is 67.8. The molecule has 0 amide bonds. The number of rotatable bonds is 8. The number of aromatic nitrogens is 10. The molecule has 6 aromatic heterocycles. The van der Waals surface area contributed by atoms with Crippen LogP contribution in [0, 0.1) is 0 Å². The maximum atomic E-state index is 10.0. The van der Waals surface area contributed by atoms with Gasteiger partial charge in [-0.25, -0.2) is 9.97 Å². The molecule has 22 rings (SSSR count). The average Bonchev–Trinajstić information content (AvgIpc) is 1.51. The standard InChI is InChI=1S/C90H54N10Si/c1-5-25-55(26-6-1)85-91-86(56-27-7-2-8-28-56)94-89(93-85)99-71-39-19-13-33-61(71)67-49-51-75-81(83(67)99)69-37-15-21-41-73(69)97(75)59-45-47-65-63-35-17-23-43-77(63)101(79(65)53-59)78-44-24-18-36-64(78)66-48-46-60(54-80(66)101)98-74-42-22-16-38-70(74)82-76(98)52-50-68-62-34-14-20-40-72(62)100(84(68)82)90-95-87(57-29-9-3-10-30-57)92-88(96-90)58-31-11-4-12-32-58/h1-54H/i41D,42D. The molecule has 0 N–H and O–H groups in total. The van der Waals surface area contributed by atoms with Crippen molar-refractivity contribution >= 4 is 116 Å². The van der Waals surface area contributed by atoms with Crippen LogP contribution in [-0.4, -0.2) is 56.2 Å². The lowest BCUT2D eigenvalue weighted by molar-refractivity contribution is 0.955. The summed E-state index contributed by atoms with van der Waals surface area (Å²) in [5.41, 5.74) is 17.7. The Hall–Kier alpha value is -13.5. The molecule has 11 heteroatoms. The molecule has 0 unspecified atom stereocenters. The Bertz CT molecular complexity index is 6490. The fraction of sp³-hybridized carbons (Fsp3) is 0. The lowest BCUT2D eigenvalue weighted by Gasteiger charge is -2.28. The van der Waals surface area contributed by atoms with Crippen molar-refractivity contribution in [2.24, 2.45) is 0 Å². The van der Waals surface area contributed by atoms with Gasteiger partial charge in [0.2, 0.25) is 11.9 Å². The molecule has 20 aromatic rings. The molecule has 0 bridgehead atoms. The van der Waals surface area contributed by atoms with E-state index in [1.807, 2.05) is 146 Å². The van der Waals surface area contributed by atoms with Gasteiger partial charge in [-0.05, 0) is 104 Å². The lowest BCUT2D eigenvalue weighted by Crippen LogP contribution is -2.70. The van der Waals surface area contributed by atoms with Crippen molar-refractivity contribution in [3.05, 3.63) is 328 Å². The molecular formula is C90H54N10Si. The summed E-state index contributed by atoms with van der Waals surface area (Å²) in [5, 5.41) is 13.4. The normalized spacial score (nSPS) is 13.1. The van der Waals surface area contributed by atoms with Crippen LogP contribution >= 0.6 is 0 Å². The van der Waals surface area contributed by atoms with Crippen molar-refractivity contribution in [2.45, 2.75) is 0 Å². The molecule has 2 aliphatic rings. The Balaban J connectivity index is 0.784. The minimum absolute atomic E-state index is 0.416. The fourth-order valence-corrected chi connectivity index (χ4v) is 22.7. The lowest BCUT2D eigenvalue weighted by atomic mass is 10.1. The third kappa shape index (κ3) is 7.85. The number of hydrogen-bond donors (Lipinski definition) is 0. The first-order chi connectivity index (χ1) is 50.9.